The molecule has 0 amide bonds. The van der Waals surface area contributed by atoms with Crippen molar-refractivity contribution in [2.24, 2.45) is 5.92 Å². The lowest BCUT2D eigenvalue weighted by atomic mass is 9.98. The first kappa shape index (κ1) is 21.9. The normalized spacial score (nSPS) is 11.2. The van der Waals surface area contributed by atoms with Crippen molar-refractivity contribution in [1.82, 2.24) is 9.13 Å². The summed E-state index contributed by atoms with van der Waals surface area (Å²) < 4.78 is 3.36. The average Bonchev–Trinajstić information content (AvgIpc) is 2.95. The monoisotopic (exact) mass is 426 g/mol. The van der Waals surface area contributed by atoms with Gasteiger partial charge in [-0.25, -0.2) is 9.59 Å². The van der Waals surface area contributed by atoms with Crippen LogP contribution in [0.3, 0.4) is 0 Å². The van der Waals surface area contributed by atoms with Gasteiger partial charge < -0.3 is 5.11 Å². The van der Waals surface area contributed by atoms with E-state index in [1.54, 1.807) is 27.3 Å². The van der Waals surface area contributed by atoms with Gasteiger partial charge in [-0.1, -0.05) is 67.9 Å². The highest BCUT2D eigenvalue weighted by molar-refractivity contribution is 6.30. The van der Waals surface area contributed by atoms with Crippen molar-refractivity contribution in [3.8, 4) is 11.1 Å². The molecule has 30 heavy (non-hydrogen) atoms. The molecule has 0 aliphatic heterocycles. The second-order valence-electron chi connectivity index (χ2n) is 7.83. The van der Waals surface area contributed by atoms with E-state index in [-0.39, 0.29) is 11.3 Å². The van der Waals surface area contributed by atoms with Crippen LogP contribution in [0, 0.1) is 5.92 Å². The third-order valence-corrected chi connectivity index (χ3v) is 5.72. The van der Waals surface area contributed by atoms with Crippen molar-refractivity contribution < 1.29 is 9.90 Å². The van der Waals surface area contributed by atoms with Gasteiger partial charge in [-0.3, -0.25) is 9.13 Å². The Labute approximate surface area is 181 Å². The number of hydrogen-bond acceptors (Lipinski definition) is 2. The van der Waals surface area contributed by atoms with Crippen LogP contribution in [0.15, 0.2) is 53.3 Å². The summed E-state index contributed by atoms with van der Waals surface area (Å²) in [5.41, 5.74) is 3.51. The van der Waals surface area contributed by atoms with Crippen LogP contribution in [-0.2, 0) is 19.5 Å². The first-order valence-electron chi connectivity index (χ1n) is 10.2. The van der Waals surface area contributed by atoms with Crippen molar-refractivity contribution in [3.63, 3.8) is 0 Å². The first-order chi connectivity index (χ1) is 14.3. The Morgan fingerprint density at radius 3 is 2.33 bits per heavy atom. The van der Waals surface area contributed by atoms with Gasteiger partial charge in [0.1, 0.15) is 5.15 Å². The number of benzene rings is 2. The van der Waals surface area contributed by atoms with Gasteiger partial charge in [-0.05, 0) is 48.4 Å². The smallest absolute Gasteiger partial charge is 0.336 e. The third-order valence-electron chi connectivity index (χ3n) is 5.30. The lowest BCUT2D eigenvalue weighted by molar-refractivity contribution is 0.0697. The maximum absolute atomic E-state index is 12.9. The van der Waals surface area contributed by atoms with Crippen LogP contribution in [0.5, 0.6) is 0 Å². The summed E-state index contributed by atoms with van der Waals surface area (Å²) in [5.74, 6) is -0.435. The van der Waals surface area contributed by atoms with Crippen molar-refractivity contribution in [1.29, 1.82) is 0 Å². The molecule has 5 nitrogen and oxygen atoms in total. The third kappa shape index (κ3) is 4.51. The second kappa shape index (κ2) is 9.35. The number of aromatic nitrogens is 2. The van der Waals surface area contributed by atoms with E-state index in [1.165, 1.54) is 0 Å². The van der Waals surface area contributed by atoms with Crippen LogP contribution >= 0.6 is 11.6 Å². The molecule has 6 heteroatoms. The predicted octanol–water partition coefficient (Wildman–Crippen LogP) is 5.33. The molecule has 0 bridgehead atoms. The first-order valence-corrected chi connectivity index (χ1v) is 10.6. The molecule has 0 radical (unpaired) electrons. The van der Waals surface area contributed by atoms with E-state index in [2.05, 4.69) is 13.8 Å². The molecule has 158 valence electrons. The quantitative estimate of drug-likeness (QED) is 0.529. The Bertz CT molecular complexity index is 1090. The van der Waals surface area contributed by atoms with Crippen LogP contribution in [0.2, 0.25) is 5.15 Å². The summed E-state index contributed by atoms with van der Waals surface area (Å²) in [5, 5.41) is 9.95. The lowest BCUT2D eigenvalue weighted by Crippen LogP contribution is -2.25. The fourth-order valence-corrected chi connectivity index (χ4v) is 3.99. The fraction of sp³-hybridized carbons (Fsp3) is 0.333. The molecule has 0 spiro atoms. The summed E-state index contributed by atoms with van der Waals surface area (Å²) in [4.78, 5) is 24.4. The molecule has 0 saturated heterocycles. The van der Waals surface area contributed by atoms with E-state index >= 15 is 0 Å². The number of carboxylic acids is 1. The average molecular weight is 427 g/mol. The number of carbonyl (C=O) groups is 1. The molecule has 1 N–H and O–H groups in total. The van der Waals surface area contributed by atoms with E-state index in [0.717, 1.165) is 29.7 Å². The summed E-state index contributed by atoms with van der Waals surface area (Å²) in [6.07, 6.45) is 1.71. The van der Waals surface area contributed by atoms with Crippen molar-refractivity contribution in [3.05, 3.63) is 81.0 Å². The molecule has 1 aromatic heterocycles. The number of rotatable bonds is 8. The number of aromatic carboxylic acids is 1. The van der Waals surface area contributed by atoms with Gasteiger partial charge in [0.2, 0.25) is 0 Å². The van der Waals surface area contributed by atoms with E-state index < -0.39 is 5.97 Å². The van der Waals surface area contributed by atoms with Crippen LogP contribution in [0.1, 0.15) is 48.8 Å². The Morgan fingerprint density at radius 1 is 1.07 bits per heavy atom. The summed E-state index contributed by atoms with van der Waals surface area (Å²) in [6.45, 7) is 7.18. The zero-order valence-corrected chi connectivity index (χ0v) is 18.3. The maximum Gasteiger partial charge on any atom is 0.336 e. The van der Waals surface area contributed by atoms with E-state index in [4.69, 9.17) is 11.6 Å². The molecule has 0 saturated carbocycles. The van der Waals surface area contributed by atoms with Gasteiger partial charge in [-0.2, -0.15) is 0 Å². The molecule has 0 aliphatic carbocycles. The predicted molar refractivity (Wildman–Crippen MR) is 120 cm³/mol. The van der Waals surface area contributed by atoms with E-state index in [0.29, 0.717) is 29.7 Å². The minimum Gasteiger partial charge on any atom is -0.478 e. The summed E-state index contributed by atoms with van der Waals surface area (Å²) >= 11 is 6.52. The highest BCUT2D eigenvalue weighted by atomic mass is 35.5. The van der Waals surface area contributed by atoms with Crippen molar-refractivity contribution in [2.45, 2.75) is 46.7 Å². The Morgan fingerprint density at radius 2 is 1.73 bits per heavy atom. The second-order valence-corrected chi connectivity index (χ2v) is 8.19. The van der Waals surface area contributed by atoms with E-state index in [1.807, 2.05) is 37.3 Å². The number of hydrogen-bond donors (Lipinski definition) is 1. The summed E-state index contributed by atoms with van der Waals surface area (Å²) in [7, 11) is 0. The van der Waals surface area contributed by atoms with Crippen LogP contribution in [0.4, 0.5) is 0 Å². The van der Waals surface area contributed by atoms with Gasteiger partial charge in [-0.15, -0.1) is 0 Å². The highest BCUT2D eigenvalue weighted by Crippen LogP contribution is 2.25. The molecule has 1 heterocycles. The maximum atomic E-state index is 12.9. The van der Waals surface area contributed by atoms with Gasteiger partial charge in [0.05, 0.1) is 17.8 Å². The van der Waals surface area contributed by atoms with E-state index in [9.17, 15) is 14.7 Å². The zero-order chi connectivity index (χ0) is 21.8. The number of halogens is 1. The standard InChI is InChI=1S/C24H27ClN2O3/c1-4-26-22(25)21(14-9-16(2)3)27(24(26)30)15-17-10-12-18(13-11-17)19-7-5-6-8-20(19)23(28)29/h5-8,10-13,16H,4,9,14-15H2,1-3H3,(H,28,29). The van der Waals surface area contributed by atoms with Crippen LogP contribution < -0.4 is 5.69 Å². The lowest BCUT2D eigenvalue weighted by Gasteiger charge is -2.11. The zero-order valence-electron chi connectivity index (χ0n) is 17.6. The van der Waals surface area contributed by atoms with Crippen LogP contribution in [0.25, 0.3) is 11.1 Å². The van der Waals surface area contributed by atoms with Crippen molar-refractivity contribution in [2.75, 3.05) is 0 Å². The van der Waals surface area contributed by atoms with Gasteiger partial charge in [0.15, 0.2) is 0 Å². The molecule has 0 fully saturated rings. The van der Waals surface area contributed by atoms with Gasteiger partial charge >= 0.3 is 11.7 Å². The molecular formula is C24H27ClN2O3. The Hall–Kier alpha value is -2.79. The molecule has 0 aliphatic rings. The summed E-state index contributed by atoms with van der Waals surface area (Å²) in [6, 6.07) is 14.6. The number of carboxylic acid groups (broad SMARTS) is 1. The topological polar surface area (TPSA) is 64.2 Å². The minimum absolute atomic E-state index is 0.0958. The molecular weight excluding hydrogens is 400 g/mol. The Kier molecular flexibility index (Phi) is 6.83. The Balaban J connectivity index is 1.93. The molecule has 3 rings (SSSR count). The van der Waals surface area contributed by atoms with Crippen molar-refractivity contribution >= 4 is 17.6 Å². The molecule has 2 aromatic carbocycles. The van der Waals surface area contributed by atoms with Crippen LogP contribution in [-0.4, -0.2) is 20.2 Å². The van der Waals surface area contributed by atoms with Gasteiger partial charge in [0, 0.05) is 6.54 Å². The minimum atomic E-state index is -0.952. The van der Waals surface area contributed by atoms with Gasteiger partial charge in [0.25, 0.3) is 0 Å². The SMILES string of the molecule is CCn1c(Cl)c(CCC(C)C)n(Cc2ccc(-c3ccccc3C(=O)O)cc2)c1=O. The molecule has 0 unspecified atom stereocenters. The number of imidazole rings is 1. The fourth-order valence-electron chi connectivity index (χ4n) is 3.61. The number of nitrogens with zero attached hydrogens (tertiary/aromatic N) is 2. The largest absolute Gasteiger partial charge is 0.478 e. The molecule has 0 atom stereocenters. The highest BCUT2D eigenvalue weighted by Gasteiger charge is 2.18. The molecule has 3 aromatic rings.